The number of carbonyl (C=O) groups is 1. The zero-order valence-electron chi connectivity index (χ0n) is 8.62. The van der Waals surface area contributed by atoms with E-state index in [9.17, 15) is 4.79 Å². The summed E-state index contributed by atoms with van der Waals surface area (Å²) in [4.78, 5) is 11.0. The van der Waals surface area contributed by atoms with E-state index in [-0.39, 0.29) is 6.03 Å². The number of rotatable bonds is 4. The standard InChI is InChI=1S/C10H15N3O2/c1-12-10(14)13-8-2-4-9(5-3-8)15-7-6-11/h2-5H,6-7,11H2,1H3,(H2,12,13,14). The second-order valence-electron chi connectivity index (χ2n) is 2.87. The summed E-state index contributed by atoms with van der Waals surface area (Å²) in [7, 11) is 1.56. The highest BCUT2D eigenvalue weighted by Crippen LogP contribution is 2.15. The van der Waals surface area contributed by atoms with Gasteiger partial charge in [0.1, 0.15) is 12.4 Å². The molecule has 0 heterocycles. The molecule has 4 N–H and O–H groups in total. The molecule has 1 aromatic carbocycles. The monoisotopic (exact) mass is 209 g/mol. The van der Waals surface area contributed by atoms with E-state index in [4.69, 9.17) is 10.5 Å². The largest absolute Gasteiger partial charge is 0.492 e. The number of carbonyl (C=O) groups excluding carboxylic acids is 1. The van der Waals surface area contributed by atoms with Crippen molar-refractivity contribution in [3.63, 3.8) is 0 Å². The number of ether oxygens (including phenoxy) is 1. The fraction of sp³-hybridized carbons (Fsp3) is 0.300. The SMILES string of the molecule is CNC(=O)Nc1ccc(OCCN)cc1. The van der Waals surface area contributed by atoms with Gasteiger partial charge < -0.3 is 21.1 Å². The molecular formula is C10H15N3O2. The van der Waals surface area contributed by atoms with Gasteiger partial charge in [-0.05, 0) is 24.3 Å². The summed E-state index contributed by atoms with van der Waals surface area (Å²) < 4.78 is 5.29. The Morgan fingerprint density at radius 1 is 1.40 bits per heavy atom. The maximum absolute atomic E-state index is 11.0. The molecular weight excluding hydrogens is 194 g/mol. The number of urea groups is 1. The first-order valence-electron chi connectivity index (χ1n) is 4.68. The highest BCUT2D eigenvalue weighted by Gasteiger charge is 1.98. The summed E-state index contributed by atoms with van der Waals surface area (Å²) in [6.45, 7) is 0.973. The van der Waals surface area contributed by atoms with Gasteiger partial charge in [0.15, 0.2) is 0 Å². The molecule has 0 unspecified atom stereocenters. The Hall–Kier alpha value is -1.75. The minimum Gasteiger partial charge on any atom is -0.492 e. The van der Waals surface area contributed by atoms with Crippen molar-refractivity contribution in [3.05, 3.63) is 24.3 Å². The maximum atomic E-state index is 11.0. The van der Waals surface area contributed by atoms with E-state index in [0.717, 1.165) is 11.4 Å². The summed E-state index contributed by atoms with van der Waals surface area (Å²) in [5.74, 6) is 0.739. The Kier molecular flexibility index (Phi) is 4.43. The number of benzene rings is 1. The molecule has 0 saturated carbocycles. The predicted octanol–water partition coefficient (Wildman–Crippen LogP) is 0.775. The molecule has 0 bridgehead atoms. The fourth-order valence-electron chi connectivity index (χ4n) is 1.00. The van der Waals surface area contributed by atoms with Crippen LogP contribution in [0.5, 0.6) is 5.75 Å². The van der Waals surface area contributed by atoms with Crippen molar-refractivity contribution >= 4 is 11.7 Å². The third-order valence-corrected chi connectivity index (χ3v) is 1.73. The van der Waals surface area contributed by atoms with Crippen molar-refractivity contribution in [3.8, 4) is 5.75 Å². The van der Waals surface area contributed by atoms with Gasteiger partial charge in [-0.25, -0.2) is 4.79 Å². The molecule has 0 radical (unpaired) electrons. The van der Waals surface area contributed by atoms with Crippen LogP contribution in [0.4, 0.5) is 10.5 Å². The van der Waals surface area contributed by atoms with E-state index in [1.165, 1.54) is 0 Å². The van der Waals surface area contributed by atoms with Crippen molar-refractivity contribution in [2.45, 2.75) is 0 Å². The Morgan fingerprint density at radius 2 is 2.07 bits per heavy atom. The number of nitrogens with one attached hydrogen (secondary N) is 2. The molecule has 0 atom stereocenters. The van der Waals surface area contributed by atoms with Crippen LogP contribution < -0.4 is 21.1 Å². The van der Waals surface area contributed by atoms with E-state index >= 15 is 0 Å². The molecule has 1 rings (SSSR count). The van der Waals surface area contributed by atoms with Crippen LogP contribution >= 0.6 is 0 Å². The Balaban J connectivity index is 2.52. The van der Waals surface area contributed by atoms with Crippen molar-refractivity contribution in [2.24, 2.45) is 5.73 Å². The molecule has 0 aromatic heterocycles. The Labute approximate surface area is 88.6 Å². The lowest BCUT2D eigenvalue weighted by molar-refractivity contribution is 0.254. The van der Waals surface area contributed by atoms with Gasteiger partial charge in [0.2, 0.25) is 0 Å². The number of hydrogen-bond donors (Lipinski definition) is 3. The summed E-state index contributed by atoms with van der Waals surface area (Å²) >= 11 is 0. The first kappa shape index (κ1) is 11.3. The third-order valence-electron chi connectivity index (χ3n) is 1.73. The normalized spacial score (nSPS) is 9.47. The van der Waals surface area contributed by atoms with Gasteiger partial charge in [-0.3, -0.25) is 0 Å². The molecule has 0 saturated heterocycles. The molecule has 82 valence electrons. The van der Waals surface area contributed by atoms with Crippen LogP contribution in [0, 0.1) is 0 Å². The summed E-state index contributed by atoms with van der Waals surface area (Å²) in [5.41, 5.74) is 6.02. The third kappa shape index (κ3) is 3.86. The molecule has 0 spiro atoms. The lowest BCUT2D eigenvalue weighted by atomic mass is 10.3. The van der Waals surface area contributed by atoms with Crippen molar-refractivity contribution < 1.29 is 9.53 Å². The molecule has 0 aliphatic rings. The van der Waals surface area contributed by atoms with Gasteiger partial charge in [0.25, 0.3) is 0 Å². The van der Waals surface area contributed by atoms with Crippen molar-refractivity contribution in [2.75, 3.05) is 25.5 Å². The van der Waals surface area contributed by atoms with Crippen LogP contribution in [0.1, 0.15) is 0 Å². The second kappa shape index (κ2) is 5.87. The molecule has 15 heavy (non-hydrogen) atoms. The van der Waals surface area contributed by atoms with Gasteiger partial charge >= 0.3 is 6.03 Å². The zero-order chi connectivity index (χ0) is 11.1. The average Bonchev–Trinajstić information content (AvgIpc) is 2.28. The molecule has 0 fully saturated rings. The molecule has 5 heteroatoms. The first-order valence-corrected chi connectivity index (χ1v) is 4.68. The molecule has 2 amide bonds. The quantitative estimate of drug-likeness (QED) is 0.685. The van der Waals surface area contributed by atoms with Gasteiger partial charge in [0, 0.05) is 19.3 Å². The van der Waals surface area contributed by atoms with E-state index in [1.54, 1.807) is 31.3 Å². The Bertz CT molecular complexity index is 311. The molecule has 0 aliphatic carbocycles. The van der Waals surface area contributed by atoms with Gasteiger partial charge in [-0.2, -0.15) is 0 Å². The number of hydrogen-bond acceptors (Lipinski definition) is 3. The molecule has 0 aliphatic heterocycles. The number of amides is 2. The molecule has 5 nitrogen and oxygen atoms in total. The highest BCUT2D eigenvalue weighted by atomic mass is 16.5. The fourth-order valence-corrected chi connectivity index (χ4v) is 1.00. The lowest BCUT2D eigenvalue weighted by Gasteiger charge is -2.06. The van der Waals surface area contributed by atoms with Gasteiger partial charge in [-0.1, -0.05) is 0 Å². The van der Waals surface area contributed by atoms with Crippen LogP contribution in [0.25, 0.3) is 0 Å². The van der Waals surface area contributed by atoms with Crippen molar-refractivity contribution in [1.29, 1.82) is 0 Å². The van der Waals surface area contributed by atoms with E-state index in [1.807, 2.05) is 0 Å². The highest BCUT2D eigenvalue weighted by molar-refractivity contribution is 5.88. The average molecular weight is 209 g/mol. The number of nitrogens with two attached hydrogens (primary N) is 1. The minimum absolute atomic E-state index is 0.245. The second-order valence-corrected chi connectivity index (χ2v) is 2.87. The number of anilines is 1. The van der Waals surface area contributed by atoms with Crippen molar-refractivity contribution in [1.82, 2.24) is 5.32 Å². The summed E-state index contributed by atoms with van der Waals surface area (Å²) in [6, 6.07) is 6.84. The van der Waals surface area contributed by atoms with E-state index in [2.05, 4.69) is 10.6 Å². The van der Waals surface area contributed by atoms with Crippen LogP contribution in [0.3, 0.4) is 0 Å². The van der Waals surface area contributed by atoms with Crippen LogP contribution in [0.2, 0.25) is 0 Å². The summed E-state index contributed by atoms with van der Waals surface area (Å²) in [5, 5.41) is 5.11. The van der Waals surface area contributed by atoms with E-state index < -0.39 is 0 Å². The molecule has 1 aromatic rings. The minimum atomic E-state index is -0.245. The Morgan fingerprint density at radius 3 is 2.60 bits per heavy atom. The van der Waals surface area contributed by atoms with Crippen LogP contribution in [0.15, 0.2) is 24.3 Å². The van der Waals surface area contributed by atoms with Gasteiger partial charge in [-0.15, -0.1) is 0 Å². The predicted molar refractivity (Wildman–Crippen MR) is 59.1 cm³/mol. The lowest BCUT2D eigenvalue weighted by Crippen LogP contribution is -2.24. The topological polar surface area (TPSA) is 76.4 Å². The van der Waals surface area contributed by atoms with E-state index in [0.29, 0.717) is 13.2 Å². The maximum Gasteiger partial charge on any atom is 0.318 e. The van der Waals surface area contributed by atoms with Gasteiger partial charge in [0.05, 0.1) is 0 Å². The van der Waals surface area contributed by atoms with Crippen LogP contribution in [-0.4, -0.2) is 26.2 Å². The smallest absolute Gasteiger partial charge is 0.318 e. The summed E-state index contributed by atoms with van der Waals surface area (Å²) in [6.07, 6.45) is 0. The van der Waals surface area contributed by atoms with Crippen LogP contribution in [-0.2, 0) is 0 Å². The zero-order valence-corrected chi connectivity index (χ0v) is 8.62. The first-order chi connectivity index (χ1) is 7.26.